The Hall–Kier alpha value is -3.04. The standard InChI is InChI=1S/C23H13Cl3F3N3O4S/c1-2-20(33)22(11-30,15-5-3-13(24)8-16(15)25)37-19-9-14(4-6-18(19)32(34)35)36-21-17(26)7-12(10-31-21)23(27,28)29/h3-10H,2H2,1H3. The van der Waals surface area contributed by atoms with E-state index in [0.29, 0.717) is 24.0 Å². The highest BCUT2D eigenvalue weighted by molar-refractivity contribution is 8.01. The molecule has 0 bridgehead atoms. The number of carbonyl (C=O) groups is 1. The topological polar surface area (TPSA) is 106 Å². The highest BCUT2D eigenvalue weighted by atomic mass is 35.5. The first-order chi connectivity index (χ1) is 17.3. The summed E-state index contributed by atoms with van der Waals surface area (Å²) in [6.45, 7) is 1.52. The number of hydrogen-bond acceptors (Lipinski definition) is 7. The average Bonchev–Trinajstić information content (AvgIpc) is 2.83. The summed E-state index contributed by atoms with van der Waals surface area (Å²) in [6.07, 6.45) is -4.26. The van der Waals surface area contributed by atoms with Crippen LogP contribution in [0.3, 0.4) is 0 Å². The van der Waals surface area contributed by atoms with Gasteiger partial charge in [-0.1, -0.05) is 59.6 Å². The van der Waals surface area contributed by atoms with Crippen LogP contribution in [0.1, 0.15) is 24.5 Å². The van der Waals surface area contributed by atoms with E-state index in [-0.39, 0.29) is 32.7 Å². The molecule has 0 fully saturated rings. The van der Waals surface area contributed by atoms with Gasteiger partial charge in [-0.2, -0.15) is 18.4 Å². The maximum atomic E-state index is 13.1. The van der Waals surface area contributed by atoms with Gasteiger partial charge in [-0.25, -0.2) is 4.98 Å². The Labute approximate surface area is 227 Å². The molecule has 7 nitrogen and oxygen atoms in total. The Bertz CT molecular complexity index is 1430. The molecule has 0 saturated heterocycles. The van der Waals surface area contributed by atoms with Crippen LogP contribution in [-0.2, 0) is 15.7 Å². The number of aromatic nitrogens is 1. The van der Waals surface area contributed by atoms with Crippen molar-refractivity contribution in [2.45, 2.75) is 29.2 Å². The van der Waals surface area contributed by atoms with E-state index < -0.39 is 43.8 Å². The summed E-state index contributed by atoms with van der Waals surface area (Å²) in [4.78, 5) is 27.5. The van der Waals surface area contributed by atoms with Crippen molar-refractivity contribution in [1.29, 1.82) is 5.26 Å². The van der Waals surface area contributed by atoms with E-state index in [9.17, 15) is 33.3 Å². The zero-order valence-corrected chi connectivity index (χ0v) is 21.6. The molecule has 1 atom stereocenters. The van der Waals surface area contributed by atoms with Crippen LogP contribution in [0.5, 0.6) is 11.6 Å². The molecule has 0 aliphatic heterocycles. The van der Waals surface area contributed by atoms with Crippen molar-refractivity contribution in [2.24, 2.45) is 0 Å². The summed E-state index contributed by atoms with van der Waals surface area (Å²) in [6, 6.07) is 10.1. The number of ketones is 1. The third-order valence-corrected chi connectivity index (χ3v) is 7.13. The van der Waals surface area contributed by atoms with Crippen molar-refractivity contribution in [3.05, 3.63) is 85.0 Å². The molecule has 37 heavy (non-hydrogen) atoms. The van der Waals surface area contributed by atoms with Crippen molar-refractivity contribution in [1.82, 2.24) is 4.98 Å². The summed E-state index contributed by atoms with van der Waals surface area (Å²) in [5.74, 6) is -1.08. The number of halogens is 6. The van der Waals surface area contributed by atoms with Crippen LogP contribution >= 0.6 is 46.6 Å². The molecule has 3 rings (SSSR count). The molecule has 1 unspecified atom stereocenters. The average molecular weight is 591 g/mol. The Balaban J connectivity index is 2.11. The zero-order chi connectivity index (χ0) is 27.5. The number of pyridine rings is 1. The quantitative estimate of drug-likeness (QED) is 0.148. The van der Waals surface area contributed by atoms with E-state index in [2.05, 4.69) is 4.98 Å². The van der Waals surface area contributed by atoms with E-state index in [0.717, 1.165) is 12.1 Å². The molecule has 1 heterocycles. The molecular weight excluding hydrogens is 578 g/mol. The highest BCUT2D eigenvalue weighted by Gasteiger charge is 2.44. The molecule has 0 N–H and O–H groups in total. The maximum Gasteiger partial charge on any atom is 0.417 e. The number of nitriles is 1. The number of carbonyl (C=O) groups excluding carboxylic acids is 1. The molecule has 0 aliphatic carbocycles. The number of Topliss-reactive ketones (excluding diaryl/α,β-unsaturated/α-hetero) is 1. The highest BCUT2D eigenvalue weighted by Crippen LogP contribution is 2.49. The molecule has 0 spiro atoms. The summed E-state index contributed by atoms with van der Waals surface area (Å²) in [5, 5.41) is 21.7. The van der Waals surface area contributed by atoms with Gasteiger partial charge in [-0.15, -0.1) is 0 Å². The van der Waals surface area contributed by atoms with Crippen molar-refractivity contribution in [2.75, 3.05) is 0 Å². The SMILES string of the molecule is CCC(=O)C(C#N)(Sc1cc(Oc2ncc(C(F)(F)F)cc2Cl)ccc1[N+](=O)[O-])c1ccc(Cl)cc1Cl. The fourth-order valence-corrected chi connectivity index (χ4v) is 5.31. The lowest BCUT2D eigenvalue weighted by atomic mass is 9.93. The summed E-state index contributed by atoms with van der Waals surface area (Å²) in [7, 11) is 0. The number of thioether (sulfide) groups is 1. The van der Waals surface area contributed by atoms with Gasteiger partial charge >= 0.3 is 6.18 Å². The third kappa shape index (κ3) is 6.10. The summed E-state index contributed by atoms with van der Waals surface area (Å²) in [5.41, 5.74) is -1.48. The molecule has 3 aromatic rings. The van der Waals surface area contributed by atoms with Gasteiger partial charge in [0.15, 0.2) is 10.5 Å². The van der Waals surface area contributed by atoms with Crippen molar-refractivity contribution < 1.29 is 27.6 Å². The molecule has 14 heteroatoms. The van der Waals surface area contributed by atoms with E-state index >= 15 is 0 Å². The molecule has 0 amide bonds. The van der Waals surface area contributed by atoms with Gasteiger partial charge in [0.25, 0.3) is 5.69 Å². The predicted octanol–water partition coefficient (Wildman–Crippen LogP) is 8.25. The van der Waals surface area contributed by atoms with Crippen LogP contribution in [0, 0.1) is 21.4 Å². The van der Waals surface area contributed by atoms with Gasteiger partial charge in [0, 0.05) is 40.4 Å². The Morgan fingerprint density at radius 1 is 1.16 bits per heavy atom. The number of ether oxygens (including phenoxy) is 1. The lowest BCUT2D eigenvalue weighted by Crippen LogP contribution is -2.31. The first-order valence-corrected chi connectivity index (χ1v) is 12.1. The Kier molecular flexibility index (Phi) is 8.59. The zero-order valence-electron chi connectivity index (χ0n) is 18.5. The lowest BCUT2D eigenvalue weighted by Gasteiger charge is -2.26. The van der Waals surface area contributed by atoms with Gasteiger partial charge in [-0.3, -0.25) is 14.9 Å². The number of hydrogen-bond donors (Lipinski definition) is 0. The van der Waals surface area contributed by atoms with Gasteiger partial charge in [-0.05, 0) is 24.3 Å². The minimum atomic E-state index is -4.68. The predicted molar refractivity (Wildman–Crippen MR) is 132 cm³/mol. The van der Waals surface area contributed by atoms with Crippen molar-refractivity contribution in [3.63, 3.8) is 0 Å². The molecule has 0 aliphatic rings. The Morgan fingerprint density at radius 3 is 2.41 bits per heavy atom. The van der Waals surface area contributed by atoms with Gasteiger partial charge < -0.3 is 4.74 Å². The largest absolute Gasteiger partial charge is 0.437 e. The fraction of sp³-hybridized carbons (Fsp3) is 0.174. The second-order valence-electron chi connectivity index (χ2n) is 7.29. The van der Waals surface area contributed by atoms with Crippen LogP contribution in [0.15, 0.2) is 53.6 Å². The van der Waals surface area contributed by atoms with E-state index in [4.69, 9.17) is 39.5 Å². The first-order valence-electron chi connectivity index (χ1n) is 10.1. The van der Waals surface area contributed by atoms with Gasteiger partial charge in [0.05, 0.1) is 21.5 Å². The number of nitro benzene ring substituents is 1. The van der Waals surface area contributed by atoms with Crippen LogP contribution < -0.4 is 4.74 Å². The van der Waals surface area contributed by atoms with E-state index in [1.54, 1.807) is 0 Å². The number of nitro groups is 1. The molecule has 192 valence electrons. The van der Waals surface area contributed by atoms with Crippen molar-refractivity contribution >= 4 is 58.0 Å². The van der Waals surface area contributed by atoms with Gasteiger partial charge in [0.1, 0.15) is 10.8 Å². The molecule has 1 aromatic heterocycles. The number of nitrogens with zero attached hydrogens (tertiary/aromatic N) is 3. The summed E-state index contributed by atoms with van der Waals surface area (Å²) >= 11 is 18.7. The van der Waals surface area contributed by atoms with Crippen LogP contribution in [-0.4, -0.2) is 15.7 Å². The number of rotatable bonds is 8. The van der Waals surface area contributed by atoms with Crippen LogP contribution in [0.4, 0.5) is 18.9 Å². The molecular formula is C23H13Cl3F3N3O4S. The van der Waals surface area contributed by atoms with Crippen LogP contribution in [0.25, 0.3) is 0 Å². The lowest BCUT2D eigenvalue weighted by molar-refractivity contribution is -0.387. The smallest absolute Gasteiger partial charge is 0.417 e. The minimum absolute atomic E-state index is 0.000793. The van der Waals surface area contributed by atoms with E-state index in [1.165, 1.54) is 31.2 Å². The van der Waals surface area contributed by atoms with Gasteiger partial charge in [0.2, 0.25) is 5.88 Å². The molecule has 0 radical (unpaired) electrons. The number of benzene rings is 2. The third-order valence-electron chi connectivity index (χ3n) is 4.92. The fourth-order valence-electron chi connectivity index (χ4n) is 3.15. The summed E-state index contributed by atoms with van der Waals surface area (Å²) < 4.78 is 42.2. The normalized spacial score (nSPS) is 12.9. The second kappa shape index (κ2) is 11.1. The van der Waals surface area contributed by atoms with Crippen LogP contribution in [0.2, 0.25) is 15.1 Å². The number of alkyl halides is 3. The van der Waals surface area contributed by atoms with E-state index in [1.807, 2.05) is 6.07 Å². The molecule has 2 aromatic carbocycles. The monoisotopic (exact) mass is 589 g/mol. The maximum absolute atomic E-state index is 13.1. The second-order valence-corrected chi connectivity index (χ2v) is 9.80. The molecule has 0 saturated carbocycles. The van der Waals surface area contributed by atoms with Crippen molar-refractivity contribution in [3.8, 4) is 17.7 Å². The minimum Gasteiger partial charge on any atom is -0.437 e. The first kappa shape index (κ1) is 28.5. The Morgan fingerprint density at radius 2 is 1.86 bits per heavy atom.